The second-order valence-corrected chi connectivity index (χ2v) is 20.3. The van der Waals surface area contributed by atoms with E-state index in [1.165, 1.54) is 21.7 Å². The van der Waals surface area contributed by atoms with Crippen LogP contribution in [0.4, 0.5) is 34.1 Å². The van der Waals surface area contributed by atoms with Gasteiger partial charge in [-0.1, -0.05) is 237 Å². The van der Waals surface area contributed by atoms with E-state index in [9.17, 15) is 0 Å². The van der Waals surface area contributed by atoms with Crippen LogP contribution in [0.25, 0.3) is 93.9 Å². The fraction of sp³-hybridized carbons (Fsp3) is 0.0270. The monoisotopic (exact) mass is 998 g/mol. The summed E-state index contributed by atoms with van der Waals surface area (Å²) in [6.45, 7) is 0. The highest BCUT2D eigenvalue weighted by atomic mass is 16.3. The van der Waals surface area contributed by atoms with Crippen molar-refractivity contribution < 1.29 is 8.83 Å². The van der Waals surface area contributed by atoms with Crippen molar-refractivity contribution in [3.05, 3.63) is 296 Å². The Bertz CT molecular complexity index is 4560. The van der Waals surface area contributed by atoms with Crippen LogP contribution in [-0.4, -0.2) is 0 Å². The minimum absolute atomic E-state index is 0.152. The third-order valence-electron chi connectivity index (χ3n) is 15.8. The smallest absolute Gasteiger partial charge is 0.159 e. The lowest BCUT2D eigenvalue weighted by molar-refractivity contribution is 0.517. The van der Waals surface area contributed by atoms with Crippen LogP contribution >= 0.6 is 0 Å². The summed E-state index contributed by atoms with van der Waals surface area (Å²) in [5.41, 5.74) is 18.1. The second kappa shape index (κ2) is 18.9. The summed E-state index contributed by atoms with van der Waals surface area (Å²) in [6, 6.07) is 98.0. The van der Waals surface area contributed by atoms with Crippen LogP contribution in [0.3, 0.4) is 0 Å². The summed E-state index contributed by atoms with van der Waals surface area (Å²) >= 11 is 0. The van der Waals surface area contributed by atoms with Gasteiger partial charge in [0, 0.05) is 55.4 Å². The van der Waals surface area contributed by atoms with Crippen LogP contribution in [0.2, 0.25) is 0 Å². The van der Waals surface area contributed by atoms with Crippen LogP contribution in [0.15, 0.2) is 288 Å². The van der Waals surface area contributed by atoms with Crippen molar-refractivity contribution in [3.8, 4) is 33.4 Å². The number of para-hydroxylation sites is 3. The van der Waals surface area contributed by atoms with Crippen molar-refractivity contribution in [1.82, 2.24) is 0 Å². The largest absolute Gasteiger partial charge is 0.458 e. The van der Waals surface area contributed by atoms with Crippen molar-refractivity contribution in [1.29, 1.82) is 0 Å². The van der Waals surface area contributed by atoms with E-state index in [0.717, 1.165) is 124 Å². The topological polar surface area (TPSA) is 32.8 Å². The number of rotatable bonds is 10. The van der Waals surface area contributed by atoms with Crippen LogP contribution in [-0.2, 0) is 0 Å². The Hall–Kier alpha value is -10.2. The minimum atomic E-state index is 0.152. The lowest BCUT2D eigenvalue weighted by Crippen LogP contribution is -2.10. The SMILES string of the molecule is C1=Cc2c(oc3c(N(c4ccc(-c5ccc(-c6ccc(N(c7cccc8ccccc78)c7cccc8c7oc7c(-c9ccccc9)cccc78)cc6)cc5)cc4)c4cccc5ccccc45)cccc23)C(c2ccccc2)C1. The van der Waals surface area contributed by atoms with Gasteiger partial charge >= 0.3 is 0 Å². The first-order chi connectivity index (χ1) is 38.7. The molecule has 1 aliphatic rings. The Labute approximate surface area is 452 Å². The van der Waals surface area contributed by atoms with E-state index < -0.39 is 0 Å². The molecule has 0 radical (unpaired) electrons. The van der Waals surface area contributed by atoms with Crippen molar-refractivity contribution in [2.45, 2.75) is 12.3 Å². The Morgan fingerprint density at radius 2 is 0.731 bits per heavy atom. The summed E-state index contributed by atoms with van der Waals surface area (Å²) < 4.78 is 14.1. The zero-order valence-corrected chi connectivity index (χ0v) is 42.6. The number of nitrogens with zero attached hydrogens (tertiary/aromatic N) is 2. The average molecular weight is 999 g/mol. The quantitative estimate of drug-likeness (QED) is 0.137. The molecule has 0 aliphatic heterocycles. The van der Waals surface area contributed by atoms with Crippen molar-refractivity contribution in [3.63, 3.8) is 0 Å². The molecular weight excluding hydrogens is 949 g/mol. The van der Waals surface area contributed by atoms with Gasteiger partial charge in [-0.3, -0.25) is 0 Å². The van der Waals surface area contributed by atoms with Gasteiger partial charge in [0.05, 0.1) is 22.7 Å². The first-order valence-corrected chi connectivity index (χ1v) is 26.8. The van der Waals surface area contributed by atoms with Gasteiger partial charge in [0.2, 0.25) is 0 Å². The van der Waals surface area contributed by atoms with E-state index in [-0.39, 0.29) is 5.92 Å². The van der Waals surface area contributed by atoms with E-state index >= 15 is 0 Å². The maximum atomic E-state index is 7.08. The fourth-order valence-corrected chi connectivity index (χ4v) is 12.1. The summed E-state index contributed by atoms with van der Waals surface area (Å²) in [7, 11) is 0. The normalized spacial score (nSPS) is 13.2. The molecule has 2 aromatic heterocycles. The molecule has 1 atom stereocenters. The molecular formula is C74H50N2O2. The van der Waals surface area contributed by atoms with Crippen LogP contribution in [0, 0.1) is 0 Å². The van der Waals surface area contributed by atoms with Gasteiger partial charge in [0.15, 0.2) is 11.2 Å². The van der Waals surface area contributed by atoms with Gasteiger partial charge in [-0.05, 0) is 99.1 Å². The summed E-state index contributed by atoms with van der Waals surface area (Å²) in [4.78, 5) is 4.73. The molecule has 14 aromatic rings. The fourth-order valence-electron chi connectivity index (χ4n) is 12.1. The molecule has 1 aliphatic carbocycles. The molecule has 0 saturated heterocycles. The Balaban J connectivity index is 0.773. The Kier molecular flexibility index (Phi) is 11.0. The highest BCUT2D eigenvalue weighted by Crippen LogP contribution is 2.49. The van der Waals surface area contributed by atoms with E-state index in [4.69, 9.17) is 8.83 Å². The molecule has 4 nitrogen and oxygen atoms in total. The number of anilines is 6. The lowest BCUT2D eigenvalue weighted by Gasteiger charge is -2.27. The van der Waals surface area contributed by atoms with Gasteiger partial charge in [-0.15, -0.1) is 0 Å². The molecule has 0 saturated carbocycles. The van der Waals surface area contributed by atoms with Crippen molar-refractivity contribution >= 4 is 94.7 Å². The molecule has 78 heavy (non-hydrogen) atoms. The molecule has 0 fully saturated rings. The number of furan rings is 2. The molecule has 12 aromatic carbocycles. The van der Waals surface area contributed by atoms with Gasteiger partial charge in [0.25, 0.3) is 0 Å². The zero-order chi connectivity index (χ0) is 51.5. The predicted octanol–water partition coefficient (Wildman–Crippen LogP) is 21.1. The van der Waals surface area contributed by atoms with Gasteiger partial charge in [-0.25, -0.2) is 0 Å². The van der Waals surface area contributed by atoms with Crippen molar-refractivity contribution in [2.75, 3.05) is 9.80 Å². The van der Waals surface area contributed by atoms with Crippen LogP contribution < -0.4 is 9.80 Å². The van der Waals surface area contributed by atoms with E-state index in [1.54, 1.807) is 0 Å². The molecule has 368 valence electrons. The van der Waals surface area contributed by atoms with Gasteiger partial charge in [-0.2, -0.15) is 0 Å². The van der Waals surface area contributed by atoms with E-state index in [2.05, 4.69) is 295 Å². The highest BCUT2D eigenvalue weighted by molar-refractivity contribution is 6.14. The van der Waals surface area contributed by atoms with Crippen LogP contribution in [0.5, 0.6) is 0 Å². The second-order valence-electron chi connectivity index (χ2n) is 20.3. The highest BCUT2D eigenvalue weighted by Gasteiger charge is 2.29. The molecule has 0 N–H and O–H groups in total. The number of allylic oxidation sites excluding steroid dienone is 1. The summed E-state index contributed by atoms with van der Waals surface area (Å²) in [5, 5.41) is 8.00. The molecule has 1 unspecified atom stereocenters. The van der Waals surface area contributed by atoms with Crippen molar-refractivity contribution in [2.24, 2.45) is 0 Å². The summed E-state index contributed by atoms with van der Waals surface area (Å²) in [6.07, 6.45) is 5.44. The molecule has 4 heteroatoms. The number of hydrogen-bond acceptors (Lipinski definition) is 4. The predicted molar refractivity (Wildman–Crippen MR) is 326 cm³/mol. The maximum Gasteiger partial charge on any atom is 0.159 e. The van der Waals surface area contributed by atoms with E-state index in [0.29, 0.717) is 0 Å². The Morgan fingerprint density at radius 3 is 1.31 bits per heavy atom. The molecule has 0 bridgehead atoms. The number of benzene rings is 12. The van der Waals surface area contributed by atoms with Gasteiger partial charge in [0.1, 0.15) is 11.3 Å². The summed E-state index contributed by atoms with van der Waals surface area (Å²) in [5.74, 6) is 1.18. The third-order valence-corrected chi connectivity index (χ3v) is 15.8. The molecule has 0 amide bonds. The maximum absolute atomic E-state index is 7.08. The molecule has 0 spiro atoms. The third kappa shape index (κ3) is 7.68. The lowest BCUT2D eigenvalue weighted by atomic mass is 9.87. The first-order valence-electron chi connectivity index (χ1n) is 26.8. The number of hydrogen-bond donors (Lipinski definition) is 0. The minimum Gasteiger partial charge on any atom is -0.458 e. The molecule has 2 heterocycles. The van der Waals surface area contributed by atoms with Gasteiger partial charge < -0.3 is 18.6 Å². The van der Waals surface area contributed by atoms with Crippen LogP contribution in [0.1, 0.15) is 29.2 Å². The van der Waals surface area contributed by atoms with E-state index in [1.807, 2.05) is 0 Å². The standard InChI is InChI=1S/C74H50N2O2/c1-3-17-55(18-4-1)61-27-13-29-63-65-31-15-35-69(73(65)77-71(61)63)75(67-33-11-23-53-21-7-9-25-59(53)67)57-45-41-51(42-46-57)49-37-39-50(40-38-49)52-43-47-58(48-44-52)76(68-34-12-24-54-22-8-10-26-60(54)68)70-36-16-32-66-64-30-14-28-62(72(64)78-74(66)70)56-19-5-2-6-20-56/h1-27,29-48,62H,28H2. The average Bonchev–Trinajstić information content (AvgIpc) is 4.28. The Morgan fingerprint density at radius 1 is 0.308 bits per heavy atom. The zero-order valence-electron chi connectivity index (χ0n) is 42.6. The molecule has 15 rings (SSSR count). The first kappa shape index (κ1) is 45.3. The number of fused-ring (bicyclic) bond motifs is 8.